The van der Waals surface area contributed by atoms with Crippen LogP contribution in [0.25, 0.3) is 0 Å². The predicted molar refractivity (Wildman–Crippen MR) is 93.9 cm³/mol. The summed E-state index contributed by atoms with van der Waals surface area (Å²) >= 11 is 6.14. The minimum Gasteiger partial charge on any atom is -0.395 e. The maximum atomic E-state index is 12.6. The van der Waals surface area contributed by atoms with Gasteiger partial charge in [-0.25, -0.2) is 8.42 Å². The molecule has 0 spiro atoms. The molecule has 2 heterocycles. The third-order valence-electron chi connectivity index (χ3n) is 4.26. The summed E-state index contributed by atoms with van der Waals surface area (Å²) in [6.07, 6.45) is 0.181. The first-order valence-corrected chi connectivity index (χ1v) is 9.88. The number of carbonyl (C=O) groups is 1. The Morgan fingerprint density at radius 1 is 1.23 bits per heavy atom. The van der Waals surface area contributed by atoms with Gasteiger partial charge in [0.15, 0.2) is 15.6 Å². The molecule has 1 amide bonds. The molecule has 1 saturated heterocycles. The second-order valence-electron chi connectivity index (χ2n) is 5.85. The Morgan fingerprint density at radius 3 is 2.62 bits per heavy atom. The summed E-state index contributed by atoms with van der Waals surface area (Å²) in [5.74, 6) is -1.53. The third kappa shape index (κ3) is 3.58. The van der Waals surface area contributed by atoms with Crippen LogP contribution in [0, 0.1) is 10.1 Å². The van der Waals surface area contributed by atoms with Crippen LogP contribution < -0.4 is 0 Å². The lowest BCUT2D eigenvalue weighted by Crippen LogP contribution is -2.33. The van der Waals surface area contributed by atoms with Crippen molar-refractivity contribution in [2.75, 3.05) is 18.8 Å². The van der Waals surface area contributed by atoms with E-state index < -0.39 is 31.8 Å². The summed E-state index contributed by atoms with van der Waals surface area (Å²) in [6.45, 7) is 0.152. The van der Waals surface area contributed by atoms with Crippen molar-refractivity contribution >= 4 is 33.2 Å². The second-order valence-corrected chi connectivity index (χ2v) is 8.56. The molecule has 0 bridgehead atoms. The molecule has 0 radical (unpaired) electrons. The zero-order chi connectivity index (χ0) is 18.9. The average Bonchev–Trinajstić information content (AvgIpc) is 3.03. The summed E-state index contributed by atoms with van der Waals surface area (Å²) in [5, 5.41) is 10.2. The fraction of sp³-hybridized carbons (Fsp3) is 0.312. The molecule has 3 rings (SSSR count). The van der Waals surface area contributed by atoms with Crippen molar-refractivity contribution in [1.82, 2.24) is 4.90 Å². The zero-order valence-corrected chi connectivity index (χ0v) is 15.1. The SMILES string of the molecule is O=C(c1ccc([N+](=O)[O-])o1)N1CCC(c2ccccc2Cl)S(=O)(=O)CC1. The lowest BCUT2D eigenvalue weighted by atomic mass is 10.1. The van der Waals surface area contributed by atoms with Crippen molar-refractivity contribution in [1.29, 1.82) is 0 Å². The molecule has 0 aliphatic carbocycles. The van der Waals surface area contributed by atoms with E-state index in [1.807, 2.05) is 0 Å². The Bertz CT molecular complexity index is 955. The highest BCUT2D eigenvalue weighted by molar-refractivity contribution is 7.91. The molecule has 1 aromatic carbocycles. The van der Waals surface area contributed by atoms with Crippen LogP contribution in [-0.4, -0.2) is 43.0 Å². The molecule has 138 valence electrons. The molecular weight excluding hydrogens is 384 g/mol. The summed E-state index contributed by atoms with van der Waals surface area (Å²) in [5.41, 5.74) is 0.511. The van der Waals surface area contributed by atoms with Crippen LogP contribution in [0.1, 0.15) is 27.8 Å². The van der Waals surface area contributed by atoms with E-state index in [9.17, 15) is 23.3 Å². The molecule has 1 aliphatic heterocycles. The van der Waals surface area contributed by atoms with Gasteiger partial charge in [-0.15, -0.1) is 0 Å². The molecule has 8 nitrogen and oxygen atoms in total. The Hall–Kier alpha value is -2.39. The van der Waals surface area contributed by atoms with Gasteiger partial charge in [-0.2, -0.15) is 0 Å². The van der Waals surface area contributed by atoms with Crippen molar-refractivity contribution in [3.63, 3.8) is 0 Å². The van der Waals surface area contributed by atoms with Gasteiger partial charge < -0.3 is 9.32 Å². The van der Waals surface area contributed by atoms with Crippen molar-refractivity contribution in [2.45, 2.75) is 11.7 Å². The van der Waals surface area contributed by atoms with Crippen LogP contribution in [0.5, 0.6) is 0 Å². The Balaban J connectivity index is 1.83. The number of hydrogen-bond acceptors (Lipinski definition) is 6. The van der Waals surface area contributed by atoms with Gasteiger partial charge in [0.25, 0.3) is 5.91 Å². The number of furan rings is 1. The number of nitrogens with zero attached hydrogens (tertiary/aromatic N) is 2. The highest BCUT2D eigenvalue weighted by atomic mass is 35.5. The van der Waals surface area contributed by atoms with Crippen LogP contribution in [0.15, 0.2) is 40.8 Å². The van der Waals surface area contributed by atoms with Crippen molar-refractivity contribution in [3.8, 4) is 0 Å². The molecule has 2 aromatic rings. The minimum atomic E-state index is -3.51. The largest absolute Gasteiger partial charge is 0.433 e. The molecule has 10 heteroatoms. The second kappa shape index (κ2) is 7.08. The van der Waals surface area contributed by atoms with Gasteiger partial charge in [0.1, 0.15) is 4.92 Å². The number of rotatable bonds is 3. The van der Waals surface area contributed by atoms with Gasteiger partial charge in [-0.05, 0) is 24.1 Å². The molecule has 0 N–H and O–H groups in total. The van der Waals surface area contributed by atoms with Gasteiger partial charge >= 0.3 is 5.88 Å². The van der Waals surface area contributed by atoms with Crippen LogP contribution >= 0.6 is 11.6 Å². The monoisotopic (exact) mass is 398 g/mol. The molecular formula is C16H15ClN2O6S. The summed E-state index contributed by atoms with van der Waals surface area (Å²) in [6, 6.07) is 9.03. The first-order valence-electron chi connectivity index (χ1n) is 7.79. The number of halogens is 1. The number of hydrogen-bond donors (Lipinski definition) is 0. The molecule has 1 aliphatic rings. The molecule has 1 unspecified atom stereocenters. The van der Waals surface area contributed by atoms with E-state index in [4.69, 9.17) is 16.0 Å². The lowest BCUT2D eigenvalue weighted by Gasteiger charge is -2.18. The van der Waals surface area contributed by atoms with Crippen LogP contribution in [0.2, 0.25) is 5.02 Å². The lowest BCUT2D eigenvalue weighted by molar-refractivity contribution is -0.402. The maximum absolute atomic E-state index is 12.6. The van der Waals surface area contributed by atoms with E-state index in [0.717, 1.165) is 6.07 Å². The standard InChI is InChI=1S/C16H15ClN2O6S/c17-12-4-2-1-3-11(12)14-7-8-18(9-10-26(14,23)24)16(20)13-5-6-15(25-13)19(21)22/h1-6,14H,7-10H2. The number of carbonyl (C=O) groups excluding carboxylic acids is 1. The Morgan fingerprint density at radius 2 is 1.96 bits per heavy atom. The van der Waals surface area contributed by atoms with E-state index in [2.05, 4.69) is 0 Å². The molecule has 1 atom stereocenters. The van der Waals surface area contributed by atoms with Crippen LogP contribution in [-0.2, 0) is 9.84 Å². The minimum absolute atomic E-state index is 0.0172. The molecule has 0 saturated carbocycles. The van der Waals surface area contributed by atoms with E-state index >= 15 is 0 Å². The quantitative estimate of drug-likeness (QED) is 0.580. The van der Waals surface area contributed by atoms with Gasteiger partial charge in [-0.1, -0.05) is 29.8 Å². The Labute approximate surface area is 154 Å². The van der Waals surface area contributed by atoms with E-state index in [1.54, 1.807) is 24.3 Å². The van der Waals surface area contributed by atoms with E-state index in [0.29, 0.717) is 10.6 Å². The number of nitro groups is 1. The summed E-state index contributed by atoms with van der Waals surface area (Å²) < 4.78 is 30.2. The highest BCUT2D eigenvalue weighted by Crippen LogP contribution is 2.34. The van der Waals surface area contributed by atoms with Gasteiger partial charge in [0.05, 0.1) is 17.1 Å². The normalized spacial score (nSPS) is 19.7. The molecule has 1 aromatic heterocycles. The van der Waals surface area contributed by atoms with Crippen molar-refractivity contribution in [2.24, 2.45) is 0 Å². The number of benzene rings is 1. The highest BCUT2D eigenvalue weighted by Gasteiger charge is 2.34. The first-order chi connectivity index (χ1) is 12.3. The van der Waals surface area contributed by atoms with Crippen LogP contribution in [0.4, 0.5) is 5.88 Å². The summed E-state index contributed by atoms with van der Waals surface area (Å²) in [4.78, 5) is 23.8. The topological polar surface area (TPSA) is 111 Å². The predicted octanol–water partition coefficient (Wildman–Crippen LogP) is 2.84. The average molecular weight is 399 g/mol. The van der Waals surface area contributed by atoms with Crippen molar-refractivity contribution < 1.29 is 22.6 Å². The third-order valence-corrected chi connectivity index (χ3v) is 6.71. The number of sulfone groups is 1. The maximum Gasteiger partial charge on any atom is 0.433 e. The molecule has 1 fully saturated rings. The fourth-order valence-electron chi connectivity index (χ4n) is 2.93. The summed E-state index contributed by atoms with van der Waals surface area (Å²) in [7, 11) is -3.51. The first kappa shape index (κ1) is 18.4. The molecule has 26 heavy (non-hydrogen) atoms. The number of amides is 1. The smallest absolute Gasteiger partial charge is 0.395 e. The van der Waals surface area contributed by atoms with Gasteiger partial charge in [0.2, 0.25) is 0 Å². The zero-order valence-electron chi connectivity index (χ0n) is 13.5. The fourth-order valence-corrected chi connectivity index (χ4v) is 5.08. The van der Waals surface area contributed by atoms with Crippen LogP contribution in [0.3, 0.4) is 0 Å². The van der Waals surface area contributed by atoms with Crippen molar-refractivity contribution in [3.05, 3.63) is 62.9 Å². The Kier molecular flexibility index (Phi) is 5.01. The van der Waals surface area contributed by atoms with Gasteiger partial charge in [-0.3, -0.25) is 14.9 Å². The van der Waals surface area contributed by atoms with Gasteiger partial charge in [0, 0.05) is 18.1 Å². The van der Waals surface area contributed by atoms with E-state index in [1.165, 1.54) is 11.0 Å². The van der Waals surface area contributed by atoms with E-state index in [-0.39, 0.29) is 31.0 Å².